The molecular weight excluding hydrogens is 396 g/mol. The number of nitrogens with one attached hydrogen (secondary N) is 1. The molecule has 0 aromatic heterocycles. The van der Waals surface area contributed by atoms with Crippen LogP contribution < -0.4 is 15.2 Å². The van der Waals surface area contributed by atoms with E-state index in [1.165, 1.54) is 6.07 Å². The average Bonchev–Trinajstić information content (AvgIpc) is 2.55. The largest absolute Gasteiger partial charge is 0.492 e. The molecule has 0 saturated carbocycles. The number of nitrogens with two attached hydrogens (primary N) is 1. The lowest BCUT2D eigenvalue weighted by Gasteiger charge is -2.18. The normalized spacial score (nSPS) is 12.6. The van der Waals surface area contributed by atoms with Crippen molar-refractivity contribution in [3.63, 3.8) is 0 Å². The minimum atomic E-state index is -4.03. The number of benzene rings is 2. The molecule has 0 fully saturated rings. The quantitative estimate of drug-likeness (QED) is 0.728. The molecule has 0 aliphatic carbocycles. The van der Waals surface area contributed by atoms with Gasteiger partial charge in [-0.1, -0.05) is 46.3 Å². The van der Waals surface area contributed by atoms with Gasteiger partial charge in [-0.05, 0) is 30.7 Å². The van der Waals surface area contributed by atoms with E-state index in [0.29, 0.717) is 16.6 Å². The Morgan fingerprint density at radius 3 is 2.50 bits per heavy atom. The number of sulfonamides is 1. The van der Waals surface area contributed by atoms with Crippen molar-refractivity contribution in [1.82, 2.24) is 4.72 Å². The summed E-state index contributed by atoms with van der Waals surface area (Å²) in [6.45, 7) is 2.06. The molecule has 3 N–H and O–H groups in total. The maximum atomic E-state index is 12.7. The number of halogens is 1. The molecule has 24 heavy (non-hydrogen) atoms. The predicted octanol–water partition coefficient (Wildman–Crippen LogP) is 2.35. The lowest BCUT2D eigenvalue weighted by Crippen LogP contribution is -2.37. The Hall–Kier alpha value is -1.90. The number of carbonyl (C=O) groups excluding carboxylic acids is 1. The highest BCUT2D eigenvalue weighted by Crippen LogP contribution is 2.29. The summed E-state index contributed by atoms with van der Waals surface area (Å²) in [6, 6.07) is 11.9. The van der Waals surface area contributed by atoms with Crippen molar-refractivity contribution < 1.29 is 17.9 Å². The molecule has 1 atom stereocenters. The van der Waals surface area contributed by atoms with Gasteiger partial charge in [-0.3, -0.25) is 4.79 Å². The van der Waals surface area contributed by atoms with E-state index in [9.17, 15) is 13.2 Å². The molecule has 0 spiro atoms. The van der Waals surface area contributed by atoms with Gasteiger partial charge in [0.15, 0.2) is 0 Å². The second kappa shape index (κ2) is 7.78. The fourth-order valence-corrected chi connectivity index (χ4v) is 4.00. The third kappa shape index (κ3) is 4.34. The van der Waals surface area contributed by atoms with Gasteiger partial charge in [-0.25, -0.2) is 8.42 Å². The van der Waals surface area contributed by atoms with Gasteiger partial charge in [0.25, 0.3) is 0 Å². The first kappa shape index (κ1) is 18.4. The summed E-state index contributed by atoms with van der Waals surface area (Å²) >= 11 is 3.24. The van der Waals surface area contributed by atoms with Crippen LogP contribution in [0.3, 0.4) is 0 Å². The van der Waals surface area contributed by atoms with Crippen LogP contribution in [0.1, 0.15) is 18.5 Å². The summed E-state index contributed by atoms with van der Waals surface area (Å²) in [5.41, 5.74) is 5.83. The Morgan fingerprint density at radius 2 is 1.92 bits per heavy atom. The van der Waals surface area contributed by atoms with Gasteiger partial charge in [0.1, 0.15) is 16.7 Å². The van der Waals surface area contributed by atoms with Gasteiger partial charge in [-0.2, -0.15) is 4.72 Å². The molecule has 0 bridgehead atoms. The molecule has 0 aliphatic heterocycles. The lowest BCUT2D eigenvalue weighted by atomic mass is 10.1. The van der Waals surface area contributed by atoms with Crippen LogP contribution in [0.5, 0.6) is 5.75 Å². The van der Waals surface area contributed by atoms with E-state index in [1.54, 1.807) is 49.4 Å². The molecule has 0 radical (unpaired) electrons. The zero-order chi connectivity index (χ0) is 17.7. The van der Waals surface area contributed by atoms with Crippen LogP contribution in [0.25, 0.3) is 0 Å². The second-order valence-electron chi connectivity index (χ2n) is 4.89. The molecule has 0 saturated heterocycles. The molecule has 0 heterocycles. The Labute approximate surface area is 149 Å². The van der Waals surface area contributed by atoms with E-state index in [-0.39, 0.29) is 10.6 Å². The standard InChI is InChI=1S/C16H17BrN2O4S/c1-2-23-13-9-8-12(17)10-14(13)24(21,22)19-15(16(18)20)11-6-4-3-5-7-11/h3-10,15,19H,2H2,1H3,(H2,18,20). The van der Waals surface area contributed by atoms with Gasteiger partial charge >= 0.3 is 0 Å². The fraction of sp³-hybridized carbons (Fsp3) is 0.188. The Morgan fingerprint density at radius 1 is 1.25 bits per heavy atom. The first-order valence-electron chi connectivity index (χ1n) is 7.14. The number of primary amides is 1. The van der Waals surface area contributed by atoms with Crippen LogP contribution in [0, 0.1) is 0 Å². The van der Waals surface area contributed by atoms with Crippen LogP contribution in [0.2, 0.25) is 0 Å². The first-order chi connectivity index (χ1) is 11.3. The highest BCUT2D eigenvalue weighted by Gasteiger charge is 2.28. The van der Waals surface area contributed by atoms with Crippen molar-refractivity contribution in [1.29, 1.82) is 0 Å². The highest BCUT2D eigenvalue weighted by molar-refractivity contribution is 9.10. The van der Waals surface area contributed by atoms with Crippen molar-refractivity contribution in [3.8, 4) is 5.75 Å². The molecule has 2 aromatic carbocycles. The summed E-state index contributed by atoms with van der Waals surface area (Å²) in [7, 11) is -4.03. The van der Waals surface area contributed by atoms with E-state index in [0.717, 1.165) is 0 Å². The van der Waals surface area contributed by atoms with E-state index < -0.39 is 22.0 Å². The van der Waals surface area contributed by atoms with E-state index >= 15 is 0 Å². The number of amides is 1. The Kier molecular flexibility index (Phi) is 5.98. The van der Waals surface area contributed by atoms with Crippen LogP contribution in [0.15, 0.2) is 57.9 Å². The molecule has 2 rings (SSSR count). The Balaban J connectivity index is 2.43. The predicted molar refractivity (Wildman–Crippen MR) is 94.0 cm³/mol. The molecule has 1 amide bonds. The zero-order valence-electron chi connectivity index (χ0n) is 12.9. The van der Waals surface area contributed by atoms with Crippen molar-refractivity contribution >= 4 is 31.9 Å². The molecule has 2 aromatic rings. The van der Waals surface area contributed by atoms with Crippen molar-refractivity contribution in [3.05, 3.63) is 58.6 Å². The molecule has 128 valence electrons. The van der Waals surface area contributed by atoms with E-state index in [4.69, 9.17) is 10.5 Å². The summed E-state index contributed by atoms with van der Waals surface area (Å²) < 4.78 is 33.8. The summed E-state index contributed by atoms with van der Waals surface area (Å²) in [4.78, 5) is 11.7. The van der Waals surface area contributed by atoms with Crippen LogP contribution in [-0.2, 0) is 14.8 Å². The van der Waals surface area contributed by atoms with E-state index in [2.05, 4.69) is 20.7 Å². The molecule has 1 unspecified atom stereocenters. The SMILES string of the molecule is CCOc1ccc(Br)cc1S(=O)(=O)NC(C(N)=O)c1ccccc1. The van der Waals surface area contributed by atoms with Crippen LogP contribution in [-0.4, -0.2) is 20.9 Å². The third-order valence-electron chi connectivity index (χ3n) is 3.19. The topological polar surface area (TPSA) is 98.5 Å². The zero-order valence-corrected chi connectivity index (χ0v) is 15.3. The smallest absolute Gasteiger partial charge is 0.245 e. The number of rotatable bonds is 7. The average molecular weight is 413 g/mol. The number of ether oxygens (including phenoxy) is 1. The van der Waals surface area contributed by atoms with Gasteiger partial charge < -0.3 is 10.5 Å². The maximum Gasteiger partial charge on any atom is 0.245 e. The minimum Gasteiger partial charge on any atom is -0.492 e. The van der Waals surface area contributed by atoms with Crippen molar-refractivity contribution in [2.24, 2.45) is 5.73 Å². The molecule has 6 nitrogen and oxygen atoms in total. The van der Waals surface area contributed by atoms with Gasteiger partial charge in [0, 0.05) is 4.47 Å². The van der Waals surface area contributed by atoms with Crippen molar-refractivity contribution in [2.45, 2.75) is 17.9 Å². The fourth-order valence-electron chi connectivity index (χ4n) is 2.12. The van der Waals surface area contributed by atoms with Crippen LogP contribution in [0.4, 0.5) is 0 Å². The van der Waals surface area contributed by atoms with Crippen LogP contribution >= 0.6 is 15.9 Å². The monoisotopic (exact) mass is 412 g/mol. The first-order valence-corrected chi connectivity index (χ1v) is 9.41. The minimum absolute atomic E-state index is 0.0686. The lowest BCUT2D eigenvalue weighted by molar-refractivity contribution is -0.119. The summed E-state index contributed by atoms with van der Waals surface area (Å²) in [5, 5.41) is 0. The number of carbonyl (C=O) groups is 1. The van der Waals surface area contributed by atoms with Gasteiger partial charge in [0.2, 0.25) is 15.9 Å². The molecule has 0 aliphatic rings. The van der Waals surface area contributed by atoms with Gasteiger partial charge in [0.05, 0.1) is 6.61 Å². The maximum absolute atomic E-state index is 12.7. The number of hydrogen-bond acceptors (Lipinski definition) is 4. The Bertz CT molecular complexity index is 825. The third-order valence-corrected chi connectivity index (χ3v) is 5.12. The second-order valence-corrected chi connectivity index (χ2v) is 7.49. The number of hydrogen-bond donors (Lipinski definition) is 2. The summed E-state index contributed by atoms with van der Waals surface area (Å²) in [5.74, 6) is -0.595. The highest BCUT2D eigenvalue weighted by atomic mass is 79.9. The van der Waals surface area contributed by atoms with Crippen molar-refractivity contribution in [2.75, 3.05) is 6.61 Å². The van der Waals surface area contributed by atoms with Gasteiger partial charge in [-0.15, -0.1) is 0 Å². The van der Waals surface area contributed by atoms with E-state index in [1.807, 2.05) is 0 Å². The molecule has 8 heteroatoms. The molecular formula is C16H17BrN2O4S. The summed E-state index contributed by atoms with van der Waals surface area (Å²) in [6.07, 6.45) is 0.